The van der Waals surface area contributed by atoms with E-state index in [9.17, 15) is 4.39 Å². The molecule has 0 aliphatic carbocycles. The summed E-state index contributed by atoms with van der Waals surface area (Å²) in [7, 11) is 0. The van der Waals surface area contributed by atoms with Gasteiger partial charge in [0.05, 0.1) is 21.8 Å². The number of hydrogen-bond acceptors (Lipinski definition) is 2. The SMILES string of the molecule is N#CCNc1c(Cl)cc(F)cc1Cl. The van der Waals surface area contributed by atoms with E-state index in [1.165, 1.54) is 0 Å². The summed E-state index contributed by atoms with van der Waals surface area (Å²) >= 11 is 11.3. The lowest BCUT2D eigenvalue weighted by Gasteiger charge is -2.06. The number of anilines is 1. The molecule has 68 valence electrons. The lowest BCUT2D eigenvalue weighted by Crippen LogP contribution is -2.00. The summed E-state index contributed by atoms with van der Waals surface area (Å²) in [6, 6.07) is 4.13. The van der Waals surface area contributed by atoms with Crippen LogP contribution in [0.3, 0.4) is 0 Å². The van der Waals surface area contributed by atoms with Crippen molar-refractivity contribution in [3.63, 3.8) is 0 Å². The zero-order valence-corrected chi connectivity index (χ0v) is 7.95. The highest BCUT2D eigenvalue weighted by molar-refractivity contribution is 6.39. The number of nitrogens with zero attached hydrogens (tertiary/aromatic N) is 1. The second kappa shape index (κ2) is 4.31. The van der Waals surface area contributed by atoms with Gasteiger partial charge in [0, 0.05) is 0 Å². The van der Waals surface area contributed by atoms with Gasteiger partial charge in [-0.1, -0.05) is 23.2 Å². The predicted molar refractivity (Wildman–Crippen MR) is 50.5 cm³/mol. The van der Waals surface area contributed by atoms with Gasteiger partial charge in [0.1, 0.15) is 12.4 Å². The molecule has 0 saturated carbocycles. The maximum atomic E-state index is 12.7. The summed E-state index contributed by atoms with van der Waals surface area (Å²) in [4.78, 5) is 0. The monoisotopic (exact) mass is 218 g/mol. The third kappa shape index (κ3) is 2.48. The average molecular weight is 219 g/mol. The summed E-state index contributed by atoms with van der Waals surface area (Å²) in [6.07, 6.45) is 0. The molecule has 0 unspecified atom stereocenters. The third-order valence-electron chi connectivity index (χ3n) is 1.35. The normalized spacial score (nSPS) is 9.38. The van der Waals surface area contributed by atoms with Crippen LogP contribution in [0.25, 0.3) is 0 Å². The van der Waals surface area contributed by atoms with Gasteiger partial charge in [-0.05, 0) is 12.1 Å². The maximum absolute atomic E-state index is 12.7. The van der Waals surface area contributed by atoms with Gasteiger partial charge in [-0.2, -0.15) is 5.26 Å². The Kier molecular flexibility index (Phi) is 3.35. The molecule has 0 aliphatic rings. The number of nitriles is 1. The Morgan fingerprint density at radius 3 is 2.38 bits per heavy atom. The van der Waals surface area contributed by atoms with Crippen molar-refractivity contribution in [2.75, 3.05) is 11.9 Å². The van der Waals surface area contributed by atoms with Crippen molar-refractivity contribution in [3.8, 4) is 6.07 Å². The molecule has 2 nitrogen and oxygen atoms in total. The molecule has 1 N–H and O–H groups in total. The summed E-state index contributed by atoms with van der Waals surface area (Å²) in [5, 5.41) is 11.3. The molecule has 0 radical (unpaired) electrons. The first-order valence-electron chi connectivity index (χ1n) is 3.40. The van der Waals surface area contributed by atoms with Crippen LogP contribution in [0.15, 0.2) is 12.1 Å². The Hall–Kier alpha value is -0.980. The van der Waals surface area contributed by atoms with E-state index in [-0.39, 0.29) is 16.6 Å². The Labute approximate surface area is 84.9 Å². The molecule has 5 heteroatoms. The molecule has 1 aromatic carbocycles. The van der Waals surface area contributed by atoms with E-state index < -0.39 is 5.82 Å². The minimum Gasteiger partial charge on any atom is -0.370 e. The Bertz CT molecular complexity index is 337. The average Bonchev–Trinajstić information content (AvgIpc) is 2.02. The van der Waals surface area contributed by atoms with Crippen LogP contribution in [0.5, 0.6) is 0 Å². The van der Waals surface area contributed by atoms with Crippen LogP contribution in [-0.4, -0.2) is 6.54 Å². The van der Waals surface area contributed by atoms with Gasteiger partial charge in [0.15, 0.2) is 0 Å². The lowest BCUT2D eigenvalue weighted by molar-refractivity contribution is 0.628. The first kappa shape index (κ1) is 10.1. The fraction of sp³-hybridized carbons (Fsp3) is 0.125. The van der Waals surface area contributed by atoms with E-state index in [0.717, 1.165) is 12.1 Å². The standard InChI is InChI=1S/C8H5Cl2FN2/c9-6-3-5(11)4-7(10)8(6)13-2-1-12/h3-4,13H,2H2. The summed E-state index contributed by atoms with van der Waals surface area (Å²) < 4.78 is 12.7. The molecular weight excluding hydrogens is 214 g/mol. The molecule has 0 heterocycles. The quantitative estimate of drug-likeness (QED) is 0.775. The minimum absolute atomic E-state index is 0.0745. The zero-order chi connectivity index (χ0) is 9.84. The van der Waals surface area contributed by atoms with Crippen molar-refractivity contribution < 1.29 is 4.39 Å². The van der Waals surface area contributed by atoms with Crippen LogP contribution >= 0.6 is 23.2 Å². The molecule has 1 aromatic rings. The molecule has 0 fully saturated rings. The van der Waals surface area contributed by atoms with Gasteiger partial charge in [-0.25, -0.2) is 4.39 Å². The molecular formula is C8H5Cl2FN2. The van der Waals surface area contributed by atoms with Crippen molar-refractivity contribution in [1.29, 1.82) is 5.26 Å². The second-order valence-electron chi connectivity index (χ2n) is 2.26. The van der Waals surface area contributed by atoms with Crippen LogP contribution in [0, 0.1) is 17.1 Å². The van der Waals surface area contributed by atoms with E-state index in [2.05, 4.69) is 5.32 Å². The Morgan fingerprint density at radius 1 is 1.38 bits per heavy atom. The van der Waals surface area contributed by atoms with E-state index in [1.807, 2.05) is 6.07 Å². The highest BCUT2D eigenvalue weighted by Crippen LogP contribution is 2.30. The van der Waals surface area contributed by atoms with Crippen molar-refractivity contribution in [3.05, 3.63) is 28.0 Å². The fourth-order valence-corrected chi connectivity index (χ4v) is 1.43. The predicted octanol–water partition coefficient (Wildman–Crippen LogP) is 3.07. The molecule has 0 aliphatic heterocycles. The van der Waals surface area contributed by atoms with Gasteiger partial charge < -0.3 is 5.32 Å². The first-order chi connectivity index (χ1) is 6.15. The molecule has 13 heavy (non-hydrogen) atoms. The minimum atomic E-state index is -0.502. The number of halogens is 3. The Balaban J connectivity index is 3.00. The molecule has 0 spiro atoms. The molecule has 1 rings (SSSR count). The molecule has 0 bridgehead atoms. The zero-order valence-electron chi connectivity index (χ0n) is 6.44. The third-order valence-corrected chi connectivity index (χ3v) is 1.95. The van der Waals surface area contributed by atoms with E-state index in [0.29, 0.717) is 5.69 Å². The van der Waals surface area contributed by atoms with E-state index in [4.69, 9.17) is 28.5 Å². The van der Waals surface area contributed by atoms with E-state index >= 15 is 0 Å². The topological polar surface area (TPSA) is 35.8 Å². The van der Waals surface area contributed by atoms with Crippen molar-refractivity contribution >= 4 is 28.9 Å². The van der Waals surface area contributed by atoms with Gasteiger partial charge in [-0.15, -0.1) is 0 Å². The summed E-state index contributed by atoms with van der Waals surface area (Å²) in [6.45, 7) is 0.0745. The van der Waals surface area contributed by atoms with Crippen LogP contribution < -0.4 is 5.32 Å². The highest BCUT2D eigenvalue weighted by atomic mass is 35.5. The van der Waals surface area contributed by atoms with Crippen LogP contribution in [0.4, 0.5) is 10.1 Å². The number of nitrogens with one attached hydrogen (secondary N) is 1. The Morgan fingerprint density at radius 2 is 1.92 bits per heavy atom. The van der Waals surface area contributed by atoms with Crippen LogP contribution in [-0.2, 0) is 0 Å². The number of benzene rings is 1. The van der Waals surface area contributed by atoms with E-state index in [1.54, 1.807) is 0 Å². The van der Waals surface area contributed by atoms with Gasteiger partial charge in [0.25, 0.3) is 0 Å². The molecule has 0 saturated heterocycles. The summed E-state index contributed by atoms with van der Waals surface area (Å²) in [5.74, 6) is -0.502. The van der Waals surface area contributed by atoms with Crippen LogP contribution in [0.1, 0.15) is 0 Å². The second-order valence-corrected chi connectivity index (χ2v) is 3.07. The number of rotatable bonds is 2. The largest absolute Gasteiger partial charge is 0.370 e. The molecule has 0 atom stereocenters. The van der Waals surface area contributed by atoms with Gasteiger partial charge >= 0.3 is 0 Å². The van der Waals surface area contributed by atoms with Crippen molar-refractivity contribution in [2.24, 2.45) is 0 Å². The number of hydrogen-bond donors (Lipinski definition) is 1. The molecule has 0 aromatic heterocycles. The maximum Gasteiger partial charge on any atom is 0.126 e. The molecule has 0 amide bonds. The van der Waals surface area contributed by atoms with Crippen molar-refractivity contribution in [2.45, 2.75) is 0 Å². The fourth-order valence-electron chi connectivity index (χ4n) is 0.839. The highest BCUT2D eigenvalue weighted by Gasteiger charge is 2.06. The first-order valence-corrected chi connectivity index (χ1v) is 4.16. The van der Waals surface area contributed by atoms with Gasteiger partial charge in [0.2, 0.25) is 0 Å². The smallest absolute Gasteiger partial charge is 0.126 e. The summed E-state index contributed by atoms with van der Waals surface area (Å²) in [5.41, 5.74) is 0.381. The van der Waals surface area contributed by atoms with Crippen molar-refractivity contribution in [1.82, 2.24) is 0 Å². The lowest BCUT2D eigenvalue weighted by atomic mass is 10.3. The van der Waals surface area contributed by atoms with Gasteiger partial charge in [-0.3, -0.25) is 0 Å². The van der Waals surface area contributed by atoms with Crippen LogP contribution in [0.2, 0.25) is 10.0 Å².